The van der Waals surface area contributed by atoms with Crippen LogP contribution in [0.3, 0.4) is 0 Å². The maximum Gasteiger partial charge on any atom is 0.246 e. The fourth-order valence-corrected chi connectivity index (χ4v) is 10.4. The van der Waals surface area contributed by atoms with Crippen LogP contribution in [0.1, 0.15) is 82.6 Å². The van der Waals surface area contributed by atoms with Crippen LogP contribution in [0.5, 0.6) is 0 Å². The molecule has 2 amide bonds. The monoisotopic (exact) mass is 675 g/mol. The Morgan fingerprint density at radius 1 is 1.08 bits per heavy atom. The van der Waals surface area contributed by atoms with E-state index in [9.17, 15) is 14.9 Å². The summed E-state index contributed by atoms with van der Waals surface area (Å²) in [6, 6.07) is 7.49. The number of halogens is 1. The number of nitrogens with zero attached hydrogens (tertiary/aromatic N) is 5. The third kappa shape index (κ3) is 6.12. The zero-order chi connectivity index (χ0) is 34.3. The highest BCUT2D eigenvalue weighted by atomic mass is 19.1. The second-order valence-electron chi connectivity index (χ2n) is 15.6. The largest absolute Gasteiger partial charge is 0.345 e. The average molecular weight is 676 g/mol. The molecule has 266 valence electrons. The summed E-state index contributed by atoms with van der Waals surface area (Å²) in [4.78, 5) is 35.2. The van der Waals surface area contributed by atoms with Crippen LogP contribution >= 0.6 is 0 Å². The van der Waals surface area contributed by atoms with Gasteiger partial charge in [0.1, 0.15) is 5.82 Å². The molecule has 3 saturated heterocycles. The van der Waals surface area contributed by atoms with E-state index in [0.29, 0.717) is 50.8 Å². The summed E-state index contributed by atoms with van der Waals surface area (Å²) in [5, 5.41) is 18.0. The van der Waals surface area contributed by atoms with Gasteiger partial charge in [-0.15, -0.1) is 0 Å². The van der Waals surface area contributed by atoms with Crippen molar-refractivity contribution in [2.75, 3.05) is 51.8 Å². The van der Waals surface area contributed by atoms with E-state index in [1.54, 1.807) is 18.0 Å². The minimum absolute atomic E-state index is 0.0258. The first kappa shape index (κ1) is 34.6. The standard InChI is InChI=1S/C38H54FN7O3/c1-4-33(47)46-22-21-45(24-27(46)17-19-40)35-29-16-18-37(30-14-9-15-31(39)34(30)44(3)36(37)48)23-32(29)41-38(42-35,26-11-7-5-6-8-12-26)49-25-28-13-10-20-43(28)2/h4,9,14-15,26-29,32,35,41-42H,1,5-8,10-13,16-18,20-25H2,2-3H3/t27-,28-,29?,32?,35?,37-,38?/m1/s1. The van der Waals surface area contributed by atoms with E-state index in [1.165, 1.54) is 29.9 Å². The van der Waals surface area contributed by atoms with E-state index >= 15 is 4.39 Å². The summed E-state index contributed by atoms with van der Waals surface area (Å²) in [5.74, 6) is -0.953. The van der Waals surface area contributed by atoms with Crippen molar-refractivity contribution in [3.8, 4) is 6.07 Å². The molecule has 1 aromatic rings. The summed E-state index contributed by atoms with van der Waals surface area (Å²) < 4.78 is 22.5. The van der Waals surface area contributed by atoms with Gasteiger partial charge in [0.05, 0.1) is 42.4 Å². The molecule has 0 radical (unpaired) electrons. The number of hydrogen-bond acceptors (Lipinski definition) is 8. The zero-order valence-electron chi connectivity index (χ0n) is 29.3. The van der Waals surface area contributed by atoms with Crippen LogP contribution in [0, 0.1) is 29.0 Å². The molecule has 49 heavy (non-hydrogen) atoms. The molecule has 4 aliphatic heterocycles. The summed E-state index contributed by atoms with van der Waals surface area (Å²) in [5.41, 5.74) is 0.408. The van der Waals surface area contributed by atoms with E-state index in [1.807, 2.05) is 6.07 Å². The van der Waals surface area contributed by atoms with Crippen LogP contribution in [0.4, 0.5) is 10.1 Å². The first-order valence-electron chi connectivity index (χ1n) is 18.7. The van der Waals surface area contributed by atoms with Crippen molar-refractivity contribution in [1.82, 2.24) is 25.3 Å². The third-order valence-electron chi connectivity index (χ3n) is 13.0. The molecule has 1 spiro atoms. The summed E-state index contributed by atoms with van der Waals surface area (Å²) >= 11 is 0. The zero-order valence-corrected chi connectivity index (χ0v) is 29.3. The lowest BCUT2D eigenvalue weighted by atomic mass is 9.63. The fraction of sp³-hybridized carbons (Fsp3) is 0.711. The second-order valence-corrected chi connectivity index (χ2v) is 15.6. The average Bonchev–Trinajstić information content (AvgIpc) is 3.44. The van der Waals surface area contributed by atoms with E-state index in [2.05, 4.69) is 40.1 Å². The molecule has 2 N–H and O–H groups in total. The number of nitrogens with one attached hydrogen (secondary N) is 2. The smallest absolute Gasteiger partial charge is 0.246 e. The summed E-state index contributed by atoms with van der Waals surface area (Å²) in [6.45, 7) is 7.14. The van der Waals surface area contributed by atoms with Crippen LogP contribution in [0.2, 0.25) is 0 Å². The Labute approximate surface area is 291 Å². The predicted octanol–water partition coefficient (Wildman–Crippen LogP) is 4.07. The molecule has 6 aliphatic rings. The number of ether oxygens (including phenoxy) is 1. The van der Waals surface area contributed by atoms with Gasteiger partial charge in [-0.05, 0) is 76.2 Å². The van der Waals surface area contributed by atoms with Gasteiger partial charge in [0.2, 0.25) is 11.8 Å². The predicted molar refractivity (Wildman–Crippen MR) is 186 cm³/mol. The molecule has 2 saturated carbocycles. The SMILES string of the molecule is C=CC(=O)N1CCN(C2NC(OC[C@H]3CCCN3C)(C3CCCCCC3)NC3C[C@@]4(CCC32)C(=O)N(C)c2c(F)cccc24)C[C@H]1CC#N. The van der Waals surface area contributed by atoms with E-state index < -0.39 is 11.3 Å². The van der Waals surface area contributed by atoms with Crippen LogP contribution in [0.15, 0.2) is 30.9 Å². The Balaban J connectivity index is 1.27. The van der Waals surface area contributed by atoms with E-state index in [-0.39, 0.29) is 54.1 Å². The first-order valence-corrected chi connectivity index (χ1v) is 18.7. The number of carbonyl (C=O) groups excluding carboxylic acids is 2. The molecule has 4 heterocycles. The number of carbonyl (C=O) groups is 2. The Bertz CT molecular complexity index is 1460. The molecule has 7 atom stereocenters. The van der Waals surface area contributed by atoms with Crippen molar-refractivity contribution in [3.63, 3.8) is 0 Å². The van der Waals surface area contributed by atoms with Gasteiger partial charge >= 0.3 is 0 Å². The number of piperazine rings is 1. The van der Waals surface area contributed by atoms with Gasteiger partial charge in [0.25, 0.3) is 0 Å². The van der Waals surface area contributed by atoms with E-state index in [0.717, 1.165) is 57.1 Å². The van der Waals surface area contributed by atoms with Crippen LogP contribution in [0.25, 0.3) is 0 Å². The van der Waals surface area contributed by atoms with Gasteiger partial charge in [-0.3, -0.25) is 25.1 Å². The number of fused-ring (bicyclic) bond motifs is 3. The van der Waals surface area contributed by atoms with Crippen molar-refractivity contribution in [2.45, 2.75) is 113 Å². The highest BCUT2D eigenvalue weighted by Gasteiger charge is 2.60. The minimum atomic E-state index is -0.810. The van der Waals surface area contributed by atoms with Gasteiger partial charge in [-0.25, -0.2) is 4.39 Å². The molecule has 4 unspecified atom stereocenters. The maximum atomic E-state index is 15.3. The van der Waals surface area contributed by atoms with Crippen molar-refractivity contribution in [2.24, 2.45) is 11.8 Å². The topological polar surface area (TPSA) is 104 Å². The van der Waals surface area contributed by atoms with Gasteiger partial charge in [-0.1, -0.05) is 44.4 Å². The number of anilines is 1. The van der Waals surface area contributed by atoms with Crippen molar-refractivity contribution in [3.05, 3.63) is 42.2 Å². The molecule has 1 aromatic carbocycles. The number of likely N-dealkylation sites (N-methyl/N-ethyl adjacent to an activating group) is 2. The summed E-state index contributed by atoms with van der Waals surface area (Å²) in [7, 11) is 3.89. The Hall–Kier alpha value is -2.88. The number of amides is 2. The van der Waals surface area contributed by atoms with E-state index in [4.69, 9.17) is 4.74 Å². The van der Waals surface area contributed by atoms with Crippen molar-refractivity contribution in [1.29, 1.82) is 5.26 Å². The Kier molecular flexibility index (Phi) is 9.90. The maximum absolute atomic E-state index is 15.3. The molecule has 10 nitrogen and oxygen atoms in total. The number of hydrogen-bond donors (Lipinski definition) is 2. The third-order valence-corrected chi connectivity index (χ3v) is 13.0. The molecule has 0 bridgehead atoms. The molecular formula is C38H54FN7O3. The first-order chi connectivity index (χ1) is 23.7. The van der Waals surface area contributed by atoms with Crippen molar-refractivity contribution >= 4 is 17.5 Å². The Morgan fingerprint density at radius 2 is 1.88 bits per heavy atom. The number of nitriles is 1. The van der Waals surface area contributed by atoms with Crippen LogP contribution in [-0.4, -0.2) is 104 Å². The van der Waals surface area contributed by atoms with Crippen LogP contribution in [-0.2, 0) is 19.7 Å². The quantitative estimate of drug-likeness (QED) is 0.330. The Morgan fingerprint density at radius 3 is 2.59 bits per heavy atom. The van der Waals surface area contributed by atoms with Gasteiger partial charge in [0.15, 0.2) is 5.85 Å². The highest BCUT2D eigenvalue weighted by molar-refractivity contribution is 6.08. The lowest BCUT2D eigenvalue weighted by Gasteiger charge is -2.59. The highest BCUT2D eigenvalue weighted by Crippen LogP contribution is 2.53. The van der Waals surface area contributed by atoms with Gasteiger partial charge in [-0.2, -0.15) is 5.26 Å². The molecule has 2 aliphatic carbocycles. The fourth-order valence-electron chi connectivity index (χ4n) is 10.4. The molecule has 5 fully saturated rings. The van der Waals surface area contributed by atoms with Gasteiger partial charge in [0, 0.05) is 50.6 Å². The lowest BCUT2D eigenvalue weighted by molar-refractivity contribution is -0.207. The normalized spacial score (nSPS) is 36.0. The number of likely N-dealkylation sites (tertiary alicyclic amines) is 1. The molecule has 11 heteroatoms. The number of benzene rings is 1. The lowest BCUT2D eigenvalue weighted by Crippen LogP contribution is -2.80. The number of rotatable bonds is 7. The van der Waals surface area contributed by atoms with Crippen molar-refractivity contribution < 1.29 is 18.7 Å². The molecule has 7 rings (SSSR count). The van der Waals surface area contributed by atoms with Gasteiger partial charge < -0.3 is 19.4 Å². The van der Waals surface area contributed by atoms with Crippen LogP contribution < -0.4 is 15.5 Å². The summed E-state index contributed by atoms with van der Waals surface area (Å²) in [6.07, 6.45) is 12.6. The molecular weight excluding hydrogens is 621 g/mol. The number of para-hydroxylation sites is 1. The molecule has 0 aromatic heterocycles. The minimum Gasteiger partial charge on any atom is -0.345 e. The second kappa shape index (κ2) is 14.0.